The maximum atomic E-state index is 4.69. The van der Waals surface area contributed by atoms with Gasteiger partial charge in [0.15, 0.2) is 0 Å². The Balaban J connectivity index is 1.60. The molecule has 1 aromatic heterocycles. The van der Waals surface area contributed by atoms with E-state index in [-0.39, 0.29) is 0 Å². The van der Waals surface area contributed by atoms with Crippen LogP contribution in [0.15, 0.2) is 18.3 Å². The maximum absolute atomic E-state index is 4.69. The standard InChI is InChI=1S/C16H24N4/c1-17-16(14-11-19-7-9-20(14)10-8-19)13-5-4-12-3-2-6-18-15(12)13/h2-3,6,13-14,16-17H,4-5,7-11H2,1H3. The summed E-state index contributed by atoms with van der Waals surface area (Å²) in [5.74, 6) is 0.585. The lowest BCUT2D eigenvalue weighted by Crippen LogP contribution is -2.66. The third-order valence-electron chi connectivity index (χ3n) is 5.50. The Bertz CT molecular complexity index is 481. The van der Waals surface area contributed by atoms with Crippen LogP contribution in [0.25, 0.3) is 0 Å². The number of pyridine rings is 1. The Morgan fingerprint density at radius 1 is 1.30 bits per heavy atom. The molecule has 3 atom stereocenters. The molecule has 1 aliphatic carbocycles. The molecule has 0 spiro atoms. The Kier molecular flexibility index (Phi) is 3.25. The molecule has 108 valence electrons. The predicted molar refractivity (Wildman–Crippen MR) is 79.9 cm³/mol. The van der Waals surface area contributed by atoms with E-state index in [1.54, 1.807) is 0 Å². The number of aryl methyl sites for hydroxylation is 1. The van der Waals surface area contributed by atoms with Gasteiger partial charge in [-0.3, -0.25) is 14.8 Å². The van der Waals surface area contributed by atoms with Crippen molar-refractivity contribution in [2.45, 2.75) is 30.8 Å². The summed E-state index contributed by atoms with van der Waals surface area (Å²) < 4.78 is 0. The molecule has 5 rings (SSSR count). The number of piperazine rings is 3. The summed E-state index contributed by atoms with van der Waals surface area (Å²) in [6, 6.07) is 5.52. The number of nitrogens with one attached hydrogen (secondary N) is 1. The molecule has 3 aliphatic heterocycles. The highest BCUT2D eigenvalue weighted by atomic mass is 15.4. The van der Waals surface area contributed by atoms with Gasteiger partial charge in [-0.25, -0.2) is 0 Å². The number of aromatic nitrogens is 1. The predicted octanol–water partition coefficient (Wildman–Crippen LogP) is 0.699. The summed E-state index contributed by atoms with van der Waals surface area (Å²) in [7, 11) is 2.13. The number of hydrogen-bond acceptors (Lipinski definition) is 4. The molecule has 4 heterocycles. The molecule has 0 radical (unpaired) electrons. The molecule has 0 amide bonds. The molecule has 3 fully saturated rings. The second-order valence-corrected chi connectivity index (χ2v) is 6.41. The van der Waals surface area contributed by atoms with Gasteiger partial charge in [-0.2, -0.15) is 0 Å². The van der Waals surface area contributed by atoms with Gasteiger partial charge in [0.2, 0.25) is 0 Å². The number of fused-ring (bicyclic) bond motifs is 4. The van der Waals surface area contributed by atoms with Gasteiger partial charge in [0.05, 0.1) is 0 Å². The zero-order valence-electron chi connectivity index (χ0n) is 12.3. The van der Waals surface area contributed by atoms with Crippen molar-refractivity contribution in [3.8, 4) is 0 Å². The molecular formula is C16H24N4. The van der Waals surface area contributed by atoms with Crippen molar-refractivity contribution in [2.24, 2.45) is 0 Å². The lowest BCUT2D eigenvalue weighted by Gasteiger charge is -2.51. The first-order valence-electron chi connectivity index (χ1n) is 7.94. The average molecular weight is 272 g/mol. The van der Waals surface area contributed by atoms with Crippen molar-refractivity contribution in [1.29, 1.82) is 0 Å². The second-order valence-electron chi connectivity index (χ2n) is 6.41. The molecule has 1 aromatic rings. The first kappa shape index (κ1) is 12.7. The highest BCUT2D eigenvalue weighted by molar-refractivity contribution is 5.30. The smallest absolute Gasteiger partial charge is 0.0482 e. The van der Waals surface area contributed by atoms with E-state index in [0.29, 0.717) is 18.0 Å². The Hall–Kier alpha value is -0.970. The van der Waals surface area contributed by atoms with Crippen LogP contribution in [-0.2, 0) is 6.42 Å². The minimum Gasteiger partial charge on any atom is -0.315 e. The van der Waals surface area contributed by atoms with E-state index < -0.39 is 0 Å². The first-order valence-corrected chi connectivity index (χ1v) is 7.94. The van der Waals surface area contributed by atoms with Crippen molar-refractivity contribution in [3.05, 3.63) is 29.6 Å². The van der Waals surface area contributed by atoms with Crippen molar-refractivity contribution in [3.63, 3.8) is 0 Å². The zero-order chi connectivity index (χ0) is 13.5. The highest BCUT2D eigenvalue weighted by Crippen LogP contribution is 2.36. The summed E-state index contributed by atoms with van der Waals surface area (Å²) in [6.07, 6.45) is 4.41. The van der Waals surface area contributed by atoms with Crippen molar-refractivity contribution >= 4 is 0 Å². The lowest BCUT2D eigenvalue weighted by molar-refractivity contribution is -0.00652. The van der Waals surface area contributed by atoms with Crippen LogP contribution in [0.4, 0.5) is 0 Å². The van der Waals surface area contributed by atoms with Crippen molar-refractivity contribution in [2.75, 3.05) is 39.8 Å². The van der Waals surface area contributed by atoms with E-state index in [4.69, 9.17) is 4.98 Å². The largest absolute Gasteiger partial charge is 0.315 e. The molecule has 3 saturated heterocycles. The van der Waals surface area contributed by atoms with Crippen LogP contribution in [0.5, 0.6) is 0 Å². The van der Waals surface area contributed by atoms with Crippen LogP contribution in [-0.4, -0.2) is 66.6 Å². The minimum atomic E-state index is 0.536. The van der Waals surface area contributed by atoms with Crippen LogP contribution in [0.1, 0.15) is 23.6 Å². The molecule has 1 N–H and O–H groups in total. The molecule has 4 heteroatoms. The van der Waals surface area contributed by atoms with Gasteiger partial charge < -0.3 is 5.32 Å². The number of likely N-dealkylation sites (N-methyl/N-ethyl adjacent to an activating group) is 1. The zero-order valence-corrected chi connectivity index (χ0v) is 12.3. The molecule has 0 saturated carbocycles. The van der Waals surface area contributed by atoms with Gasteiger partial charge in [-0.05, 0) is 31.5 Å². The minimum absolute atomic E-state index is 0.536. The monoisotopic (exact) mass is 272 g/mol. The molecule has 0 aromatic carbocycles. The van der Waals surface area contributed by atoms with Gasteiger partial charge in [0, 0.05) is 62.6 Å². The number of hydrogen-bond donors (Lipinski definition) is 1. The maximum Gasteiger partial charge on any atom is 0.0482 e. The summed E-state index contributed by atoms with van der Waals surface area (Å²) in [6.45, 7) is 6.22. The number of rotatable bonds is 3. The van der Waals surface area contributed by atoms with E-state index in [1.165, 1.54) is 56.8 Å². The fourth-order valence-corrected chi connectivity index (χ4v) is 4.45. The topological polar surface area (TPSA) is 31.4 Å². The lowest BCUT2D eigenvalue weighted by atomic mass is 9.87. The summed E-state index contributed by atoms with van der Waals surface area (Å²) in [5, 5.41) is 3.63. The van der Waals surface area contributed by atoms with Gasteiger partial charge in [-0.1, -0.05) is 6.07 Å². The third-order valence-corrected chi connectivity index (χ3v) is 5.50. The Morgan fingerprint density at radius 2 is 2.15 bits per heavy atom. The van der Waals surface area contributed by atoms with Crippen LogP contribution in [0, 0.1) is 0 Å². The van der Waals surface area contributed by atoms with E-state index >= 15 is 0 Å². The Morgan fingerprint density at radius 3 is 2.85 bits per heavy atom. The normalized spacial score (nSPS) is 36.9. The van der Waals surface area contributed by atoms with E-state index in [0.717, 1.165) is 0 Å². The van der Waals surface area contributed by atoms with Crippen LogP contribution < -0.4 is 5.32 Å². The molecule has 20 heavy (non-hydrogen) atoms. The van der Waals surface area contributed by atoms with Crippen LogP contribution >= 0.6 is 0 Å². The third kappa shape index (κ3) is 1.98. The second kappa shape index (κ2) is 5.10. The van der Waals surface area contributed by atoms with Gasteiger partial charge in [0.1, 0.15) is 0 Å². The fourth-order valence-electron chi connectivity index (χ4n) is 4.45. The Labute approximate surface area is 121 Å². The average Bonchev–Trinajstić information content (AvgIpc) is 2.94. The number of nitrogens with zero attached hydrogens (tertiary/aromatic N) is 3. The summed E-state index contributed by atoms with van der Waals surface area (Å²) in [5.41, 5.74) is 2.82. The quantitative estimate of drug-likeness (QED) is 0.878. The van der Waals surface area contributed by atoms with E-state index in [2.05, 4.69) is 34.3 Å². The molecular weight excluding hydrogens is 248 g/mol. The van der Waals surface area contributed by atoms with Crippen molar-refractivity contribution < 1.29 is 0 Å². The first-order chi connectivity index (χ1) is 9.86. The van der Waals surface area contributed by atoms with Gasteiger partial charge >= 0.3 is 0 Å². The van der Waals surface area contributed by atoms with Crippen LogP contribution in [0.2, 0.25) is 0 Å². The molecule has 4 nitrogen and oxygen atoms in total. The molecule has 3 unspecified atom stereocenters. The van der Waals surface area contributed by atoms with E-state index in [1.807, 2.05) is 6.20 Å². The summed E-state index contributed by atoms with van der Waals surface area (Å²) in [4.78, 5) is 10.0. The van der Waals surface area contributed by atoms with Crippen LogP contribution in [0.3, 0.4) is 0 Å². The molecule has 2 bridgehead atoms. The highest BCUT2D eigenvalue weighted by Gasteiger charge is 2.41. The molecule has 4 aliphatic rings. The van der Waals surface area contributed by atoms with Gasteiger partial charge in [-0.15, -0.1) is 0 Å². The SMILES string of the molecule is CNC(C1CCc2cccnc21)C1CN2CCN1CC2. The van der Waals surface area contributed by atoms with E-state index in [9.17, 15) is 0 Å². The summed E-state index contributed by atoms with van der Waals surface area (Å²) >= 11 is 0. The fraction of sp³-hybridized carbons (Fsp3) is 0.688. The van der Waals surface area contributed by atoms with Gasteiger partial charge in [0.25, 0.3) is 0 Å². The van der Waals surface area contributed by atoms with Crippen molar-refractivity contribution in [1.82, 2.24) is 20.1 Å².